The van der Waals surface area contributed by atoms with Crippen LogP contribution in [0.2, 0.25) is 0 Å². The summed E-state index contributed by atoms with van der Waals surface area (Å²) in [5.41, 5.74) is 1.34. The van der Waals surface area contributed by atoms with Crippen molar-refractivity contribution >= 4 is 43.2 Å². The van der Waals surface area contributed by atoms with Crippen molar-refractivity contribution in [1.82, 2.24) is 4.98 Å². The van der Waals surface area contributed by atoms with Crippen LogP contribution >= 0.6 is 15.9 Å². The van der Waals surface area contributed by atoms with Gasteiger partial charge in [-0.2, -0.15) is 0 Å². The van der Waals surface area contributed by atoms with E-state index < -0.39 is 10.0 Å². The molecule has 0 saturated heterocycles. The molecule has 0 aliphatic rings. The summed E-state index contributed by atoms with van der Waals surface area (Å²) in [6, 6.07) is 17.0. The zero-order valence-corrected chi connectivity index (χ0v) is 18.5. The first-order chi connectivity index (χ1) is 14.3. The zero-order chi connectivity index (χ0) is 21.6. The van der Waals surface area contributed by atoms with Crippen molar-refractivity contribution in [1.29, 1.82) is 0 Å². The highest BCUT2D eigenvalue weighted by molar-refractivity contribution is 9.10. The molecule has 3 rings (SSSR count). The third kappa shape index (κ3) is 6.30. The Balaban J connectivity index is 1.60. The number of carbonyl (C=O) groups is 1. The molecular weight excluding hydrogens is 470 g/mol. The fourth-order valence-corrected chi connectivity index (χ4v) is 4.06. The van der Waals surface area contributed by atoms with Crippen molar-refractivity contribution in [2.75, 3.05) is 15.8 Å². The number of halogens is 1. The molecular formula is C21H20BrN3O4S. The van der Waals surface area contributed by atoms with Crippen molar-refractivity contribution in [3.63, 3.8) is 0 Å². The minimum absolute atomic E-state index is 0.0553. The molecule has 0 radical (unpaired) electrons. The molecule has 0 saturated carbocycles. The lowest BCUT2D eigenvalue weighted by atomic mass is 10.2. The molecule has 7 nitrogen and oxygen atoms in total. The summed E-state index contributed by atoms with van der Waals surface area (Å²) in [6.45, 7) is 1.80. The summed E-state index contributed by atoms with van der Waals surface area (Å²) >= 11 is 3.38. The number of carbonyl (C=O) groups excluding carboxylic acids is 1. The number of pyridine rings is 1. The molecule has 0 unspecified atom stereocenters. The molecule has 1 amide bonds. The molecule has 156 valence electrons. The van der Waals surface area contributed by atoms with Crippen LogP contribution in [0.4, 0.5) is 11.4 Å². The molecule has 0 spiro atoms. The van der Waals surface area contributed by atoms with Crippen LogP contribution in [0, 0.1) is 0 Å². The van der Waals surface area contributed by atoms with Gasteiger partial charge in [0.05, 0.1) is 11.3 Å². The number of hydrogen-bond acceptors (Lipinski definition) is 5. The average molecular weight is 490 g/mol. The van der Waals surface area contributed by atoms with Crippen LogP contribution in [-0.2, 0) is 10.0 Å². The Morgan fingerprint density at radius 3 is 2.43 bits per heavy atom. The second-order valence-corrected chi connectivity index (χ2v) is 9.15. The minimum Gasteiger partial charge on any atom is -0.439 e. The second-order valence-electron chi connectivity index (χ2n) is 6.40. The van der Waals surface area contributed by atoms with Gasteiger partial charge in [0, 0.05) is 28.1 Å². The number of aromatic nitrogens is 1. The largest absolute Gasteiger partial charge is 0.439 e. The van der Waals surface area contributed by atoms with E-state index in [-0.39, 0.29) is 11.7 Å². The van der Waals surface area contributed by atoms with Crippen LogP contribution < -0.4 is 14.8 Å². The Labute approximate surface area is 183 Å². The van der Waals surface area contributed by atoms with Gasteiger partial charge >= 0.3 is 0 Å². The minimum atomic E-state index is -3.35. The maximum atomic E-state index is 12.4. The van der Waals surface area contributed by atoms with Crippen molar-refractivity contribution in [2.45, 2.75) is 13.3 Å². The lowest BCUT2D eigenvalue weighted by Crippen LogP contribution is -2.16. The van der Waals surface area contributed by atoms with E-state index in [1.54, 1.807) is 49.4 Å². The van der Waals surface area contributed by atoms with Gasteiger partial charge in [-0.3, -0.25) is 9.52 Å². The summed E-state index contributed by atoms with van der Waals surface area (Å²) in [5, 5.41) is 2.75. The first-order valence-electron chi connectivity index (χ1n) is 9.16. The van der Waals surface area contributed by atoms with Crippen LogP contribution in [-0.4, -0.2) is 25.1 Å². The fraction of sp³-hybridized carbons (Fsp3) is 0.143. The first-order valence-corrected chi connectivity index (χ1v) is 11.6. The molecule has 0 fully saturated rings. The molecule has 0 aliphatic heterocycles. The molecule has 1 heterocycles. The highest BCUT2D eigenvalue weighted by Gasteiger charge is 2.10. The van der Waals surface area contributed by atoms with E-state index >= 15 is 0 Å². The van der Waals surface area contributed by atoms with E-state index in [0.717, 1.165) is 4.47 Å². The van der Waals surface area contributed by atoms with Crippen LogP contribution in [0.15, 0.2) is 71.3 Å². The Bertz CT molecular complexity index is 1120. The van der Waals surface area contributed by atoms with E-state index in [1.807, 2.05) is 18.2 Å². The Kier molecular flexibility index (Phi) is 7.07. The van der Waals surface area contributed by atoms with Crippen LogP contribution in [0.5, 0.6) is 11.6 Å². The topological polar surface area (TPSA) is 97.4 Å². The van der Waals surface area contributed by atoms with Crippen LogP contribution in [0.3, 0.4) is 0 Å². The molecule has 1 aromatic heterocycles. The Morgan fingerprint density at radius 2 is 1.80 bits per heavy atom. The number of amides is 1. The Morgan fingerprint density at radius 1 is 1.07 bits per heavy atom. The number of benzene rings is 2. The second kappa shape index (κ2) is 9.73. The lowest BCUT2D eigenvalue weighted by Gasteiger charge is -2.09. The molecule has 9 heteroatoms. The van der Waals surface area contributed by atoms with Crippen molar-refractivity contribution in [3.05, 3.63) is 76.9 Å². The van der Waals surface area contributed by atoms with Gasteiger partial charge in [-0.15, -0.1) is 0 Å². The number of nitrogens with one attached hydrogen (secondary N) is 2. The number of anilines is 2. The van der Waals surface area contributed by atoms with Crippen LogP contribution in [0.25, 0.3) is 0 Å². The van der Waals surface area contributed by atoms with Gasteiger partial charge in [0.2, 0.25) is 15.9 Å². The van der Waals surface area contributed by atoms with E-state index in [4.69, 9.17) is 4.74 Å². The third-order valence-corrected chi connectivity index (χ3v) is 5.89. The van der Waals surface area contributed by atoms with Gasteiger partial charge in [-0.25, -0.2) is 13.4 Å². The van der Waals surface area contributed by atoms with Gasteiger partial charge in [0.1, 0.15) is 5.75 Å². The quantitative estimate of drug-likeness (QED) is 0.461. The monoisotopic (exact) mass is 489 g/mol. The SMILES string of the molecule is CCCS(=O)(=O)Nc1ccc(NC(=O)c2ccc(Oc3cccc(Br)c3)nc2)cc1. The van der Waals surface area contributed by atoms with Crippen molar-refractivity contribution in [3.8, 4) is 11.6 Å². The molecule has 2 N–H and O–H groups in total. The van der Waals surface area contributed by atoms with Gasteiger partial charge in [-0.1, -0.05) is 28.9 Å². The molecule has 0 bridgehead atoms. The van der Waals surface area contributed by atoms with Gasteiger partial charge in [0.15, 0.2) is 0 Å². The molecule has 30 heavy (non-hydrogen) atoms. The predicted octanol–water partition coefficient (Wildman–Crippen LogP) is 5.04. The normalized spacial score (nSPS) is 11.0. The highest BCUT2D eigenvalue weighted by atomic mass is 79.9. The first kappa shape index (κ1) is 21.8. The summed E-state index contributed by atoms with van der Waals surface area (Å²) in [7, 11) is -3.35. The maximum Gasteiger partial charge on any atom is 0.257 e. The fourth-order valence-electron chi connectivity index (χ4n) is 2.55. The number of nitrogens with zero attached hydrogens (tertiary/aromatic N) is 1. The summed E-state index contributed by atoms with van der Waals surface area (Å²) in [4.78, 5) is 16.6. The maximum absolute atomic E-state index is 12.4. The summed E-state index contributed by atoms with van der Waals surface area (Å²) < 4.78 is 32.6. The van der Waals surface area contributed by atoms with Crippen molar-refractivity contribution in [2.24, 2.45) is 0 Å². The molecule has 0 aliphatic carbocycles. The smallest absolute Gasteiger partial charge is 0.257 e. The molecule has 0 atom stereocenters. The van der Waals surface area contributed by atoms with Crippen LogP contribution in [0.1, 0.15) is 23.7 Å². The average Bonchev–Trinajstić information content (AvgIpc) is 2.70. The van der Waals surface area contributed by atoms with E-state index in [1.165, 1.54) is 6.20 Å². The zero-order valence-electron chi connectivity index (χ0n) is 16.1. The van der Waals surface area contributed by atoms with Gasteiger partial charge in [0.25, 0.3) is 5.91 Å². The number of sulfonamides is 1. The standard InChI is InChI=1S/C21H20BrN3O4S/c1-2-12-30(27,28)25-18-9-7-17(8-10-18)24-21(26)15-6-11-20(23-14-15)29-19-5-3-4-16(22)13-19/h3-11,13-14,25H,2,12H2,1H3,(H,24,26). The van der Waals surface area contributed by atoms with Gasteiger partial charge < -0.3 is 10.1 Å². The lowest BCUT2D eigenvalue weighted by molar-refractivity contribution is 0.102. The Hall–Kier alpha value is -2.91. The number of rotatable bonds is 8. The van der Waals surface area contributed by atoms with E-state index in [0.29, 0.717) is 35.0 Å². The highest BCUT2D eigenvalue weighted by Crippen LogP contribution is 2.23. The van der Waals surface area contributed by atoms with Gasteiger partial charge in [-0.05, 0) is 55.0 Å². The van der Waals surface area contributed by atoms with E-state index in [2.05, 4.69) is 31.0 Å². The molecule has 2 aromatic carbocycles. The van der Waals surface area contributed by atoms with Crippen molar-refractivity contribution < 1.29 is 17.9 Å². The number of hydrogen-bond donors (Lipinski definition) is 2. The summed E-state index contributed by atoms with van der Waals surface area (Å²) in [5.74, 6) is 0.715. The van der Waals surface area contributed by atoms with E-state index in [9.17, 15) is 13.2 Å². The predicted molar refractivity (Wildman–Crippen MR) is 121 cm³/mol. The third-order valence-electron chi connectivity index (χ3n) is 3.91. The summed E-state index contributed by atoms with van der Waals surface area (Å²) in [6.07, 6.45) is 1.96. The number of ether oxygens (including phenoxy) is 1. The molecule has 3 aromatic rings.